The van der Waals surface area contributed by atoms with E-state index in [1.165, 1.54) is 7.11 Å². The maximum atomic E-state index is 11.7. The highest BCUT2D eigenvalue weighted by molar-refractivity contribution is 6.13. The topological polar surface area (TPSA) is 38.7 Å². The average Bonchev–Trinajstić information content (AvgIpc) is 3.09. The highest BCUT2D eigenvalue weighted by atomic mass is 16.5. The molecule has 2 aromatic rings. The number of aliphatic imine (C=N–C) groups is 1. The first-order chi connectivity index (χ1) is 11.3. The smallest absolute Gasteiger partial charge is 0.312 e. The summed E-state index contributed by atoms with van der Waals surface area (Å²) in [5, 5.41) is 0. The number of carbonyl (C=O) groups excluding carboxylic acids is 1. The molecule has 0 N–H and O–H groups in total. The fourth-order valence-corrected chi connectivity index (χ4v) is 2.78. The highest BCUT2D eigenvalue weighted by Crippen LogP contribution is 2.23. The summed E-state index contributed by atoms with van der Waals surface area (Å²) in [6.45, 7) is 0. The van der Waals surface area contributed by atoms with Crippen molar-refractivity contribution in [3.8, 4) is 0 Å². The number of hydrogen-bond donors (Lipinski definition) is 0. The van der Waals surface area contributed by atoms with E-state index < -0.39 is 0 Å². The third-order valence-corrected chi connectivity index (χ3v) is 3.95. The molecule has 2 atom stereocenters. The number of rotatable bonds is 4. The lowest BCUT2D eigenvalue weighted by atomic mass is 10.0. The van der Waals surface area contributed by atoms with Gasteiger partial charge in [-0.2, -0.15) is 0 Å². The second-order valence-corrected chi connectivity index (χ2v) is 5.53. The van der Waals surface area contributed by atoms with E-state index in [9.17, 15) is 4.79 Å². The van der Waals surface area contributed by atoms with Gasteiger partial charge in [0, 0.05) is 11.1 Å². The standard InChI is InChI=1S/C20H19NO2/c1-23-20(22)17-12-13-18(14-17)21-19(15-8-4-2-5-9-15)16-10-6-3-7-11-16/h2-13,17-18H,14H2,1H3/t17-,18+/m0/s1. The van der Waals surface area contributed by atoms with Crippen LogP contribution in [-0.4, -0.2) is 24.8 Å². The molecule has 116 valence electrons. The van der Waals surface area contributed by atoms with Gasteiger partial charge in [0.15, 0.2) is 0 Å². The SMILES string of the molecule is COC(=O)[C@H]1C=C[C@@H](N=C(c2ccccc2)c2ccccc2)C1. The molecule has 0 fully saturated rings. The van der Waals surface area contributed by atoms with E-state index in [0.29, 0.717) is 6.42 Å². The van der Waals surface area contributed by atoms with Crippen molar-refractivity contribution in [2.24, 2.45) is 10.9 Å². The summed E-state index contributed by atoms with van der Waals surface area (Å²) in [4.78, 5) is 16.6. The minimum Gasteiger partial charge on any atom is -0.469 e. The molecule has 0 spiro atoms. The number of nitrogens with zero attached hydrogens (tertiary/aromatic N) is 1. The number of benzene rings is 2. The predicted octanol–water partition coefficient (Wildman–Crippen LogP) is 3.64. The van der Waals surface area contributed by atoms with E-state index in [2.05, 4.69) is 24.3 Å². The van der Waals surface area contributed by atoms with Crippen molar-refractivity contribution in [3.05, 3.63) is 83.9 Å². The van der Waals surface area contributed by atoms with Crippen molar-refractivity contribution in [1.29, 1.82) is 0 Å². The van der Waals surface area contributed by atoms with Gasteiger partial charge in [-0.15, -0.1) is 0 Å². The van der Waals surface area contributed by atoms with Crippen molar-refractivity contribution in [1.82, 2.24) is 0 Å². The van der Waals surface area contributed by atoms with Crippen LogP contribution >= 0.6 is 0 Å². The summed E-state index contributed by atoms with van der Waals surface area (Å²) in [6.07, 6.45) is 4.55. The largest absolute Gasteiger partial charge is 0.469 e. The van der Waals surface area contributed by atoms with Crippen LogP contribution in [0.5, 0.6) is 0 Å². The monoisotopic (exact) mass is 305 g/mol. The minimum atomic E-state index is -0.195. The molecule has 3 rings (SSSR count). The lowest BCUT2D eigenvalue weighted by Gasteiger charge is -2.12. The quantitative estimate of drug-likeness (QED) is 0.491. The van der Waals surface area contributed by atoms with Crippen molar-refractivity contribution in [2.45, 2.75) is 12.5 Å². The second-order valence-electron chi connectivity index (χ2n) is 5.53. The van der Waals surface area contributed by atoms with Gasteiger partial charge in [-0.3, -0.25) is 9.79 Å². The molecule has 0 unspecified atom stereocenters. The molecule has 0 aromatic heterocycles. The van der Waals surface area contributed by atoms with Crippen LogP contribution in [0.2, 0.25) is 0 Å². The summed E-state index contributed by atoms with van der Waals surface area (Å²) in [5.41, 5.74) is 3.11. The molecule has 0 saturated heterocycles. The zero-order valence-corrected chi connectivity index (χ0v) is 13.1. The van der Waals surface area contributed by atoms with Gasteiger partial charge in [0.25, 0.3) is 0 Å². The summed E-state index contributed by atoms with van der Waals surface area (Å²) >= 11 is 0. The number of hydrogen-bond acceptors (Lipinski definition) is 3. The fourth-order valence-electron chi connectivity index (χ4n) is 2.78. The van der Waals surface area contributed by atoms with Gasteiger partial charge in [-0.05, 0) is 6.42 Å². The fraction of sp³-hybridized carbons (Fsp3) is 0.200. The molecule has 2 aromatic carbocycles. The van der Waals surface area contributed by atoms with Gasteiger partial charge in [0.1, 0.15) is 0 Å². The van der Waals surface area contributed by atoms with Crippen LogP contribution in [0.4, 0.5) is 0 Å². The van der Waals surface area contributed by atoms with Crippen LogP contribution < -0.4 is 0 Å². The van der Waals surface area contributed by atoms with E-state index in [1.54, 1.807) is 0 Å². The summed E-state index contributed by atoms with van der Waals surface area (Å²) in [5.74, 6) is -0.388. The van der Waals surface area contributed by atoms with E-state index in [-0.39, 0.29) is 17.9 Å². The van der Waals surface area contributed by atoms with Gasteiger partial charge in [0.2, 0.25) is 0 Å². The molecule has 23 heavy (non-hydrogen) atoms. The molecule has 3 nitrogen and oxygen atoms in total. The first-order valence-electron chi connectivity index (χ1n) is 7.72. The van der Waals surface area contributed by atoms with Crippen molar-refractivity contribution in [3.63, 3.8) is 0 Å². The van der Waals surface area contributed by atoms with Crippen LogP contribution in [0.25, 0.3) is 0 Å². The van der Waals surface area contributed by atoms with E-state index in [0.717, 1.165) is 16.8 Å². The first kappa shape index (κ1) is 15.2. The lowest BCUT2D eigenvalue weighted by Crippen LogP contribution is -2.15. The number of esters is 1. The Morgan fingerprint density at radius 3 is 2.04 bits per heavy atom. The van der Waals surface area contributed by atoms with E-state index in [4.69, 9.17) is 9.73 Å². The molecule has 1 aliphatic carbocycles. The van der Waals surface area contributed by atoms with Crippen LogP contribution in [0, 0.1) is 5.92 Å². The number of carbonyl (C=O) groups is 1. The molecular formula is C20H19NO2. The third-order valence-electron chi connectivity index (χ3n) is 3.95. The summed E-state index contributed by atoms with van der Waals surface area (Å²) in [6, 6.07) is 20.3. The first-order valence-corrected chi connectivity index (χ1v) is 7.72. The molecule has 0 heterocycles. The third kappa shape index (κ3) is 3.57. The maximum absolute atomic E-state index is 11.7. The van der Waals surface area contributed by atoms with E-state index in [1.807, 2.05) is 48.6 Å². The van der Waals surface area contributed by atoms with Gasteiger partial charge < -0.3 is 4.74 Å². The molecule has 3 heteroatoms. The number of methoxy groups -OCH3 is 1. The van der Waals surface area contributed by atoms with Crippen LogP contribution in [0.3, 0.4) is 0 Å². The average molecular weight is 305 g/mol. The van der Waals surface area contributed by atoms with E-state index >= 15 is 0 Å². The van der Waals surface area contributed by atoms with Crippen molar-refractivity contribution < 1.29 is 9.53 Å². The Hall–Kier alpha value is -2.68. The molecule has 0 radical (unpaired) electrons. The Morgan fingerprint density at radius 1 is 0.957 bits per heavy atom. The Balaban J connectivity index is 1.91. The Bertz CT molecular complexity index is 678. The van der Waals surface area contributed by atoms with Gasteiger partial charge in [-0.1, -0.05) is 72.8 Å². The van der Waals surface area contributed by atoms with Crippen LogP contribution in [-0.2, 0) is 9.53 Å². The summed E-state index contributed by atoms with van der Waals surface area (Å²) < 4.78 is 4.82. The molecule has 0 bridgehead atoms. The maximum Gasteiger partial charge on any atom is 0.312 e. The minimum absolute atomic E-state index is 0.00508. The summed E-state index contributed by atoms with van der Waals surface area (Å²) in [7, 11) is 1.42. The van der Waals surface area contributed by atoms with Crippen molar-refractivity contribution >= 4 is 11.7 Å². The molecule has 0 saturated carbocycles. The molecule has 0 aliphatic heterocycles. The second kappa shape index (κ2) is 7.05. The van der Waals surface area contributed by atoms with Gasteiger partial charge in [-0.25, -0.2) is 0 Å². The molecular weight excluding hydrogens is 286 g/mol. The van der Waals surface area contributed by atoms with Crippen LogP contribution in [0.15, 0.2) is 77.8 Å². The predicted molar refractivity (Wildman–Crippen MR) is 91.6 cm³/mol. The Labute approximate surface area is 136 Å². The Kier molecular flexibility index (Phi) is 4.67. The molecule has 1 aliphatic rings. The Morgan fingerprint density at radius 2 is 1.52 bits per heavy atom. The number of ether oxygens (including phenoxy) is 1. The van der Waals surface area contributed by atoms with Crippen molar-refractivity contribution in [2.75, 3.05) is 7.11 Å². The zero-order chi connectivity index (χ0) is 16.1. The van der Waals surface area contributed by atoms with Crippen LogP contribution in [0.1, 0.15) is 17.5 Å². The van der Waals surface area contributed by atoms with Gasteiger partial charge >= 0.3 is 5.97 Å². The normalized spacial score (nSPS) is 19.3. The van der Waals surface area contributed by atoms with Gasteiger partial charge in [0.05, 0.1) is 24.8 Å². The highest BCUT2D eigenvalue weighted by Gasteiger charge is 2.25. The molecule has 0 amide bonds. The zero-order valence-electron chi connectivity index (χ0n) is 13.1. The lowest BCUT2D eigenvalue weighted by molar-refractivity contribution is -0.143.